The number of carbonyl (C=O) groups is 2. The Labute approximate surface area is 113 Å². The van der Waals surface area contributed by atoms with E-state index in [1.165, 1.54) is 4.90 Å². The van der Waals surface area contributed by atoms with Crippen molar-refractivity contribution in [2.45, 2.75) is 29.3 Å². The molecule has 0 aromatic heterocycles. The summed E-state index contributed by atoms with van der Waals surface area (Å²) in [5.74, 6) is 0. The van der Waals surface area contributed by atoms with Gasteiger partial charge in [0.15, 0.2) is 4.84 Å². The molecule has 1 fully saturated rings. The van der Waals surface area contributed by atoms with Gasteiger partial charge in [-0.3, -0.25) is 9.69 Å². The van der Waals surface area contributed by atoms with E-state index in [0.717, 1.165) is 0 Å². The van der Waals surface area contributed by atoms with Crippen molar-refractivity contribution in [2.75, 3.05) is 6.54 Å². The van der Waals surface area contributed by atoms with E-state index in [-0.39, 0.29) is 0 Å². The number of ether oxygens (including phenoxy) is 1. The van der Waals surface area contributed by atoms with Crippen LogP contribution in [0.15, 0.2) is 0 Å². The minimum absolute atomic E-state index is 0.404. The van der Waals surface area contributed by atoms with Crippen LogP contribution < -0.4 is 0 Å². The molecule has 1 amide bonds. The average molecular weight is 309 g/mol. The van der Waals surface area contributed by atoms with Crippen LogP contribution >= 0.6 is 46.4 Å². The molecule has 0 radical (unpaired) electrons. The minimum atomic E-state index is -1.15. The van der Waals surface area contributed by atoms with Gasteiger partial charge >= 0.3 is 6.09 Å². The molecule has 1 aliphatic heterocycles. The first-order valence-electron chi connectivity index (χ1n) is 4.52. The van der Waals surface area contributed by atoms with Crippen molar-refractivity contribution < 1.29 is 14.3 Å². The van der Waals surface area contributed by atoms with E-state index in [4.69, 9.17) is 51.1 Å². The maximum absolute atomic E-state index is 11.6. The van der Waals surface area contributed by atoms with Crippen molar-refractivity contribution in [3.8, 4) is 0 Å². The molecule has 0 aromatic rings. The highest BCUT2D eigenvalue weighted by Crippen LogP contribution is 2.23. The molecule has 4 nitrogen and oxygen atoms in total. The van der Waals surface area contributed by atoms with Gasteiger partial charge in [-0.1, -0.05) is 34.8 Å². The Morgan fingerprint density at radius 1 is 1.31 bits per heavy atom. The molecule has 0 N–H and O–H groups in total. The lowest BCUT2D eigenvalue weighted by Crippen LogP contribution is -2.40. The van der Waals surface area contributed by atoms with E-state index >= 15 is 0 Å². The van der Waals surface area contributed by atoms with Crippen LogP contribution in [-0.2, 0) is 9.53 Å². The van der Waals surface area contributed by atoms with E-state index in [1.807, 2.05) is 0 Å². The summed E-state index contributed by atoms with van der Waals surface area (Å²) < 4.78 is 4.75. The molecule has 0 saturated carbocycles. The third kappa shape index (κ3) is 3.55. The van der Waals surface area contributed by atoms with Gasteiger partial charge in [-0.15, -0.1) is 0 Å². The van der Waals surface area contributed by atoms with E-state index in [1.54, 1.807) is 0 Å². The largest absolute Gasteiger partial charge is 0.427 e. The molecule has 0 aromatic carbocycles. The van der Waals surface area contributed by atoms with Gasteiger partial charge in [0.1, 0.15) is 6.04 Å². The Morgan fingerprint density at radius 3 is 2.44 bits per heavy atom. The number of carbonyl (C=O) groups excluding carboxylic acids is 2. The Morgan fingerprint density at radius 2 is 1.94 bits per heavy atom. The predicted octanol–water partition coefficient (Wildman–Crippen LogP) is 2.72. The topological polar surface area (TPSA) is 46.6 Å². The van der Waals surface area contributed by atoms with Crippen molar-refractivity contribution in [3.63, 3.8) is 0 Å². The highest BCUT2D eigenvalue weighted by molar-refractivity contribution is 6.64. The number of hydrogen-bond donors (Lipinski definition) is 0. The SMILES string of the molecule is O=C(Cl)C1CCCN1C(=O)OC(Cl)C(Cl)Cl. The molecule has 8 heteroatoms. The number of amides is 1. The maximum atomic E-state index is 11.6. The highest BCUT2D eigenvalue weighted by Gasteiger charge is 2.35. The van der Waals surface area contributed by atoms with Crippen molar-refractivity contribution in [2.24, 2.45) is 0 Å². The number of hydrogen-bond acceptors (Lipinski definition) is 3. The predicted molar refractivity (Wildman–Crippen MR) is 62.2 cm³/mol. The molecule has 16 heavy (non-hydrogen) atoms. The second-order valence-corrected chi connectivity index (χ2v) is 5.19. The Balaban J connectivity index is 2.56. The van der Waals surface area contributed by atoms with E-state index in [0.29, 0.717) is 19.4 Å². The number of nitrogens with zero attached hydrogens (tertiary/aromatic N) is 1. The zero-order chi connectivity index (χ0) is 12.3. The zero-order valence-electron chi connectivity index (χ0n) is 8.04. The average Bonchev–Trinajstić information content (AvgIpc) is 2.65. The molecule has 2 atom stereocenters. The summed E-state index contributed by atoms with van der Waals surface area (Å²) >= 11 is 21.8. The second-order valence-electron chi connectivity index (χ2n) is 3.22. The van der Waals surface area contributed by atoms with E-state index < -0.39 is 27.8 Å². The smallest absolute Gasteiger partial charge is 0.412 e. The fraction of sp³-hybridized carbons (Fsp3) is 0.750. The van der Waals surface area contributed by atoms with Gasteiger partial charge in [0, 0.05) is 6.54 Å². The van der Waals surface area contributed by atoms with E-state index in [9.17, 15) is 9.59 Å². The molecule has 1 rings (SSSR count). The van der Waals surface area contributed by atoms with Gasteiger partial charge in [-0.2, -0.15) is 0 Å². The second kappa shape index (κ2) is 6.15. The van der Waals surface area contributed by atoms with Crippen molar-refractivity contribution in [3.05, 3.63) is 0 Å². The van der Waals surface area contributed by atoms with Crippen LogP contribution in [0.2, 0.25) is 0 Å². The summed E-state index contributed by atoms with van der Waals surface area (Å²) in [5.41, 5.74) is -1.15. The van der Waals surface area contributed by atoms with Crippen LogP contribution in [0.3, 0.4) is 0 Å². The summed E-state index contributed by atoms with van der Waals surface area (Å²) in [6.07, 6.45) is 0.481. The van der Waals surface area contributed by atoms with Gasteiger partial charge in [0.2, 0.25) is 10.8 Å². The first kappa shape index (κ1) is 14.2. The molecular weight excluding hydrogens is 300 g/mol. The fourth-order valence-electron chi connectivity index (χ4n) is 1.44. The van der Waals surface area contributed by atoms with Gasteiger partial charge in [0.25, 0.3) is 0 Å². The zero-order valence-corrected chi connectivity index (χ0v) is 11.1. The summed E-state index contributed by atoms with van der Waals surface area (Å²) in [6, 6.07) is -0.651. The van der Waals surface area contributed by atoms with Gasteiger partial charge in [0.05, 0.1) is 0 Å². The molecule has 0 spiro atoms. The third-order valence-electron chi connectivity index (χ3n) is 2.16. The van der Waals surface area contributed by atoms with Gasteiger partial charge in [-0.05, 0) is 24.4 Å². The summed E-state index contributed by atoms with van der Waals surface area (Å²) in [7, 11) is 0. The van der Waals surface area contributed by atoms with Crippen LogP contribution in [0.1, 0.15) is 12.8 Å². The quantitative estimate of drug-likeness (QED) is 0.595. The lowest BCUT2D eigenvalue weighted by molar-refractivity contribution is -0.115. The van der Waals surface area contributed by atoms with Crippen LogP contribution in [0.25, 0.3) is 0 Å². The number of halogens is 4. The molecule has 2 unspecified atom stereocenters. The summed E-state index contributed by atoms with van der Waals surface area (Å²) in [5, 5.41) is -0.589. The summed E-state index contributed by atoms with van der Waals surface area (Å²) in [4.78, 5) is 22.8. The third-order valence-corrected chi connectivity index (χ3v) is 3.47. The fourth-order valence-corrected chi connectivity index (χ4v) is 1.84. The lowest BCUT2D eigenvalue weighted by Gasteiger charge is -2.22. The van der Waals surface area contributed by atoms with Crippen LogP contribution in [-0.4, -0.2) is 39.2 Å². The Kier molecular flexibility index (Phi) is 5.44. The molecule has 1 heterocycles. The number of alkyl halides is 3. The first-order chi connectivity index (χ1) is 7.43. The maximum Gasteiger partial charge on any atom is 0.412 e. The van der Waals surface area contributed by atoms with Crippen LogP contribution in [0, 0.1) is 0 Å². The standard InChI is InChI=1S/C8H9Cl4NO3/c9-5(10)7(12)16-8(15)13-3-1-2-4(13)6(11)14/h4-5,7H,1-3H2. The first-order valence-corrected chi connectivity index (χ1v) is 6.21. The highest BCUT2D eigenvalue weighted by atomic mass is 35.5. The lowest BCUT2D eigenvalue weighted by atomic mass is 10.2. The monoisotopic (exact) mass is 307 g/mol. The van der Waals surface area contributed by atoms with Gasteiger partial charge < -0.3 is 4.74 Å². The number of rotatable bonds is 3. The number of likely N-dealkylation sites (tertiary alicyclic amines) is 1. The Hall–Kier alpha value is 0.1000. The summed E-state index contributed by atoms with van der Waals surface area (Å²) in [6.45, 7) is 0.404. The molecular formula is C8H9Cl4NO3. The Bertz CT molecular complexity index is 286. The molecule has 0 aliphatic carbocycles. The van der Waals surface area contributed by atoms with Gasteiger partial charge in [-0.25, -0.2) is 4.79 Å². The molecule has 1 aliphatic rings. The van der Waals surface area contributed by atoms with E-state index in [2.05, 4.69) is 0 Å². The van der Waals surface area contributed by atoms with Crippen molar-refractivity contribution in [1.29, 1.82) is 0 Å². The molecule has 0 bridgehead atoms. The van der Waals surface area contributed by atoms with Crippen molar-refractivity contribution in [1.82, 2.24) is 4.90 Å². The molecule has 1 saturated heterocycles. The van der Waals surface area contributed by atoms with Crippen LogP contribution in [0.4, 0.5) is 4.79 Å². The van der Waals surface area contributed by atoms with Crippen LogP contribution in [0.5, 0.6) is 0 Å². The normalized spacial score (nSPS) is 22.3. The van der Waals surface area contributed by atoms with Crippen molar-refractivity contribution >= 4 is 57.7 Å². The molecule has 92 valence electrons. The minimum Gasteiger partial charge on any atom is -0.427 e.